The molecule has 18 heavy (non-hydrogen) atoms. The first-order chi connectivity index (χ1) is 8.43. The molecular formula is C15H28N2O. The molecule has 104 valence electrons. The summed E-state index contributed by atoms with van der Waals surface area (Å²) in [5.41, 5.74) is 0.0999. The molecule has 0 aromatic heterocycles. The summed E-state index contributed by atoms with van der Waals surface area (Å²) in [7, 11) is 0. The van der Waals surface area contributed by atoms with Gasteiger partial charge in [-0.2, -0.15) is 0 Å². The summed E-state index contributed by atoms with van der Waals surface area (Å²) >= 11 is 0. The van der Waals surface area contributed by atoms with Gasteiger partial charge in [-0.3, -0.25) is 4.79 Å². The Bertz CT molecular complexity index is 306. The molecule has 1 atom stereocenters. The number of hydrogen-bond acceptors (Lipinski definition) is 2. The maximum Gasteiger partial charge on any atom is 0.242 e. The number of carbonyl (C=O) groups is 1. The number of nitrogens with zero attached hydrogens (tertiary/aromatic N) is 1. The average Bonchev–Trinajstić information content (AvgIpc) is 2.50. The Morgan fingerprint density at radius 1 is 1.00 bits per heavy atom. The number of piperidine rings is 1. The quantitative estimate of drug-likeness (QED) is 0.778. The maximum atomic E-state index is 12.7. The molecule has 0 aliphatic carbocycles. The highest BCUT2D eigenvalue weighted by Crippen LogP contribution is 2.31. The molecule has 3 nitrogen and oxygen atoms in total. The predicted octanol–water partition coefficient (Wildman–Crippen LogP) is 2.56. The van der Waals surface area contributed by atoms with Crippen molar-refractivity contribution in [2.75, 3.05) is 19.6 Å². The summed E-state index contributed by atoms with van der Waals surface area (Å²) in [6.45, 7) is 9.60. The molecule has 1 amide bonds. The zero-order valence-corrected chi connectivity index (χ0v) is 12.2. The van der Waals surface area contributed by atoms with Crippen LogP contribution in [0.5, 0.6) is 0 Å². The third-order valence-corrected chi connectivity index (χ3v) is 4.72. The predicted molar refractivity (Wildman–Crippen MR) is 74.5 cm³/mol. The number of carbonyl (C=O) groups excluding carboxylic acids is 1. The smallest absolute Gasteiger partial charge is 0.242 e. The molecule has 2 fully saturated rings. The molecule has 1 unspecified atom stereocenters. The summed E-state index contributed by atoms with van der Waals surface area (Å²) in [4.78, 5) is 14.8. The molecule has 2 saturated heterocycles. The Balaban J connectivity index is 2.00. The molecule has 3 heteroatoms. The van der Waals surface area contributed by atoms with Gasteiger partial charge >= 0.3 is 0 Å². The molecule has 2 aliphatic heterocycles. The fourth-order valence-electron chi connectivity index (χ4n) is 3.21. The van der Waals surface area contributed by atoms with Crippen LogP contribution in [0.3, 0.4) is 0 Å². The Hall–Kier alpha value is -0.570. The van der Waals surface area contributed by atoms with Crippen molar-refractivity contribution in [1.82, 2.24) is 10.2 Å². The minimum Gasteiger partial charge on any atom is -0.341 e. The van der Waals surface area contributed by atoms with Crippen molar-refractivity contribution in [1.29, 1.82) is 0 Å². The number of hydrogen-bond donors (Lipinski definition) is 1. The Morgan fingerprint density at radius 3 is 2.44 bits per heavy atom. The van der Waals surface area contributed by atoms with Gasteiger partial charge in [-0.05, 0) is 57.4 Å². The average molecular weight is 252 g/mol. The van der Waals surface area contributed by atoms with Crippen LogP contribution in [0.15, 0.2) is 0 Å². The van der Waals surface area contributed by atoms with Crippen molar-refractivity contribution >= 4 is 5.91 Å². The lowest BCUT2D eigenvalue weighted by Crippen LogP contribution is -2.58. The molecule has 0 saturated carbocycles. The van der Waals surface area contributed by atoms with Gasteiger partial charge in [0.2, 0.25) is 5.91 Å². The highest BCUT2D eigenvalue weighted by atomic mass is 16.2. The zero-order valence-electron chi connectivity index (χ0n) is 12.2. The summed E-state index contributed by atoms with van der Waals surface area (Å²) in [6.07, 6.45) is 6.89. The van der Waals surface area contributed by atoms with Crippen LogP contribution in [0.1, 0.15) is 59.3 Å². The van der Waals surface area contributed by atoms with Crippen LogP contribution in [0.25, 0.3) is 0 Å². The van der Waals surface area contributed by atoms with E-state index in [9.17, 15) is 4.79 Å². The first-order valence-corrected chi connectivity index (χ1v) is 7.47. The van der Waals surface area contributed by atoms with E-state index in [2.05, 4.69) is 31.0 Å². The Kier molecular flexibility index (Phi) is 4.00. The molecule has 0 aromatic carbocycles. The normalized spacial score (nSPS) is 32.9. The van der Waals surface area contributed by atoms with E-state index >= 15 is 0 Å². The van der Waals surface area contributed by atoms with Crippen molar-refractivity contribution in [3.8, 4) is 0 Å². The second-order valence-corrected chi connectivity index (χ2v) is 7.03. The third kappa shape index (κ3) is 3.05. The minimum absolute atomic E-state index is 0.299. The molecule has 0 bridgehead atoms. The van der Waals surface area contributed by atoms with Crippen molar-refractivity contribution in [3.63, 3.8) is 0 Å². The van der Waals surface area contributed by atoms with E-state index in [0.29, 0.717) is 11.3 Å². The van der Waals surface area contributed by atoms with E-state index in [4.69, 9.17) is 0 Å². The summed E-state index contributed by atoms with van der Waals surface area (Å²) in [5.74, 6) is 0.333. The monoisotopic (exact) mass is 252 g/mol. The minimum atomic E-state index is -0.299. The van der Waals surface area contributed by atoms with E-state index in [1.54, 1.807) is 0 Å². The van der Waals surface area contributed by atoms with Crippen LogP contribution < -0.4 is 5.32 Å². The van der Waals surface area contributed by atoms with Crippen LogP contribution in [0.4, 0.5) is 0 Å². The van der Waals surface area contributed by atoms with E-state index in [1.807, 2.05) is 0 Å². The van der Waals surface area contributed by atoms with Gasteiger partial charge in [-0.1, -0.05) is 13.8 Å². The largest absolute Gasteiger partial charge is 0.341 e. The van der Waals surface area contributed by atoms with Gasteiger partial charge in [-0.25, -0.2) is 0 Å². The molecule has 2 heterocycles. The molecule has 0 spiro atoms. The molecule has 2 aliphatic rings. The van der Waals surface area contributed by atoms with Crippen LogP contribution in [0.2, 0.25) is 0 Å². The third-order valence-electron chi connectivity index (χ3n) is 4.72. The maximum absolute atomic E-state index is 12.7. The first-order valence-electron chi connectivity index (χ1n) is 7.47. The lowest BCUT2D eigenvalue weighted by molar-refractivity contribution is -0.138. The topological polar surface area (TPSA) is 32.3 Å². The van der Waals surface area contributed by atoms with Crippen molar-refractivity contribution < 1.29 is 4.79 Å². The van der Waals surface area contributed by atoms with Gasteiger partial charge in [0.25, 0.3) is 0 Å². The van der Waals surface area contributed by atoms with Gasteiger partial charge < -0.3 is 10.2 Å². The van der Waals surface area contributed by atoms with Gasteiger partial charge in [0.15, 0.2) is 0 Å². The van der Waals surface area contributed by atoms with E-state index in [0.717, 1.165) is 38.9 Å². The number of nitrogens with one attached hydrogen (secondary N) is 1. The zero-order chi connectivity index (χ0) is 13.2. The van der Waals surface area contributed by atoms with Gasteiger partial charge in [-0.15, -0.1) is 0 Å². The lowest BCUT2D eigenvalue weighted by atomic mass is 9.85. The van der Waals surface area contributed by atoms with Crippen molar-refractivity contribution in [2.45, 2.75) is 64.8 Å². The highest BCUT2D eigenvalue weighted by Gasteiger charge is 2.38. The summed E-state index contributed by atoms with van der Waals surface area (Å²) in [6, 6.07) is 0. The lowest BCUT2D eigenvalue weighted by Gasteiger charge is -2.38. The second kappa shape index (κ2) is 5.20. The van der Waals surface area contributed by atoms with Crippen LogP contribution in [0, 0.1) is 5.41 Å². The number of likely N-dealkylation sites (tertiary alicyclic amines) is 1. The van der Waals surface area contributed by atoms with Crippen LogP contribution >= 0.6 is 0 Å². The standard InChI is InChI=1S/C15H28N2O/c1-14(2)7-6-11-17(12-9-14)13(18)15(3)8-4-5-10-16-15/h16H,4-12H2,1-3H3. The first kappa shape index (κ1) is 13.9. The van der Waals surface area contributed by atoms with Crippen LogP contribution in [-0.2, 0) is 4.79 Å². The molecule has 2 rings (SSSR count). The summed E-state index contributed by atoms with van der Waals surface area (Å²) < 4.78 is 0. The second-order valence-electron chi connectivity index (χ2n) is 7.03. The number of amides is 1. The fourth-order valence-corrected chi connectivity index (χ4v) is 3.21. The highest BCUT2D eigenvalue weighted by molar-refractivity contribution is 5.86. The van der Waals surface area contributed by atoms with Crippen molar-refractivity contribution in [3.05, 3.63) is 0 Å². The van der Waals surface area contributed by atoms with E-state index < -0.39 is 0 Å². The Labute approximate surface area is 111 Å². The summed E-state index contributed by atoms with van der Waals surface area (Å²) in [5, 5.41) is 3.44. The van der Waals surface area contributed by atoms with Gasteiger partial charge in [0.1, 0.15) is 0 Å². The molecule has 0 radical (unpaired) electrons. The molecule has 1 N–H and O–H groups in total. The van der Waals surface area contributed by atoms with Crippen molar-refractivity contribution in [2.24, 2.45) is 5.41 Å². The Morgan fingerprint density at radius 2 is 1.78 bits per heavy atom. The van der Waals surface area contributed by atoms with E-state index in [-0.39, 0.29) is 5.54 Å². The molecular weight excluding hydrogens is 224 g/mol. The van der Waals surface area contributed by atoms with Gasteiger partial charge in [0, 0.05) is 13.1 Å². The number of rotatable bonds is 1. The van der Waals surface area contributed by atoms with E-state index in [1.165, 1.54) is 19.3 Å². The van der Waals surface area contributed by atoms with Crippen LogP contribution in [-0.4, -0.2) is 36.0 Å². The molecule has 0 aromatic rings. The van der Waals surface area contributed by atoms with Gasteiger partial charge in [0.05, 0.1) is 5.54 Å². The SMILES string of the molecule is CC1(C)CCCN(C(=O)C2(C)CCCCN2)CC1. The fraction of sp³-hybridized carbons (Fsp3) is 0.933.